The Kier molecular flexibility index (Phi) is 3.81. The molecule has 0 amide bonds. The van der Waals surface area contributed by atoms with E-state index in [1.54, 1.807) is 16.7 Å². The fourth-order valence-electron chi connectivity index (χ4n) is 3.05. The third kappa shape index (κ3) is 2.35. The molecule has 0 unspecified atom stereocenters. The summed E-state index contributed by atoms with van der Waals surface area (Å²) in [5, 5.41) is 0. The Morgan fingerprint density at radius 3 is 1.53 bits per heavy atom. The van der Waals surface area contributed by atoms with Crippen LogP contribution in [-0.4, -0.2) is 0 Å². The van der Waals surface area contributed by atoms with Crippen molar-refractivity contribution in [1.29, 1.82) is 0 Å². The van der Waals surface area contributed by atoms with Gasteiger partial charge in [-0.05, 0) is 56.1 Å². The fourth-order valence-corrected chi connectivity index (χ4v) is 3.05. The van der Waals surface area contributed by atoms with Gasteiger partial charge in [-0.1, -0.05) is 38.8 Å². The zero-order valence-corrected chi connectivity index (χ0v) is 11.4. The Hall–Kier alpha value is -0.520. The molecule has 0 heterocycles. The van der Waals surface area contributed by atoms with Crippen LogP contribution in [0.15, 0.2) is 22.3 Å². The maximum Gasteiger partial charge on any atom is -0.00966 e. The topological polar surface area (TPSA) is 0 Å². The highest BCUT2D eigenvalue weighted by molar-refractivity contribution is 5.45. The van der Waals surface area contributed by atoms with Crippen molar-refractivity contribution in [1.82, 2.24) is 0 Å². The van der Waals surface area contributed by atoms with Crippen molar-refractivity contribution >= 4 is 0 Å². The van der Waals surface area contributed by atoms with Gasteiger partial charge in [0, 0.05) is 0 Å². The van der Waals surface area contributed by atoms with Crippen molar-refractivity contribution in [2.45, 2.75) is 54.9 Å². The van der Waals surface area contributed by atoms with Crippen LogP contribution in [0.4, 0.5) is 0 Å². The highest BCUT2D eigenvalue weighted by Crippen LogP contribution is 2.41. The summed E-state index contributed by atoms with van der Waals surface area (Å²) in [4.78, 5) is 0. The molecule has 0 atom stereocenters. The predicted molar refractivity (Wildman–Crippen MR) is 68.9 cm³/mol. The lowest BCUT2D eigenvalue weighted by atomic mass is 9.77. The molecule has 86 valence electrons. The third-order valence-corrected chi connectivity index (χ3v) is 3.98. The summed E-state index contributed by atoms with van der Waals surface area (Å²) >= 11 is 0. The van der Waals surface area contributed by atoms with Crippen LogP contribution in [0.1, 0.15) is 54.9 Å². The van der Waals surface area contributed by atoms with Gasteiger partial charge in [-0.25, -0.2) is 0 Å². The van der Waals surface area contributed by atoms with E-state index in [9.17, 15) is 0 Å². The normalized spacial score (nSPS) is 18.0. The average molecular weight is 206 g/mol. The molecule has 0 bridgehead atoms. The van der Waals surface area contributed by atoms with Gasteiger partial charge in [-0.15, -0.1) is 0 Å². The summed E-state index contributed by atoms with van der Waals surface area (Å²) in [6.07, 6.45) is 1.22. The van der Waals surface area contributed by atoms with Gasteiger partial charge in [0.15, 0.2) is 0 Å². The lowest BCUT2D eigenvalue weighted by molar-refractivity contribution is 0.332. The Morgan fingerprint density at radius 2 is 1.27 bits per heavy atom. The van der Waals surface area contributed by atoms with Crippen LogP contribution in [0.5, 0.6) is 0 Å². The van der Waals surface area contributed by atoms with E-state index in [-0.39, 0.29) is 0 Å². The minimum Gasteiger partial charge on any atom is -0.0661 e. The van der Waals surface area contributed by atoms with Crippen LogP contribution in [0.25, 0.3) is 0 Å². The zero-order chi connectivity index (χ0) is 11.7. The fraction of sp³-hybridized carbons (Fsp3) is 0.733. The maximum absolute atomic E-state index is 2.36. The van der Waals surface area contributed by atoms with Crippen molar-refractivity contribution in [3.8, 4) is 0 Å². The summed E-state index contributed by atoms with van der Waals surface area (Å²) in [7, 11) is 0. The summed E-state index contributed by atoms with van der Waals surface area (Å²) < 4.78 is 0. The molecule has 0 spiro atoms. The molecular weight excluding hydrogens is 180 g/mol. The van der Waals surface area contributed by atoms with Crippen molar-refractivity contribution in [3.63, 3.8) is 0 Å². The predicted octanol–water partition coefficient (Wildman–Crippen LogP) is 4.97. The van der Waals surface area contributed by atoms with Gasteiger partial charge in [0.2, 0.25) is 0 Å². The van der Waals surface area contributed by atoms with Gasteiger partial charge < -0.3 is 0 Å². The van der Waals surface area contributed by atoms with Gasteiger partial charge in [-0.2, -0.15) is 0 Å². The Labute approximate surface area is 95.5 Å². The van der Waals surface area contributed by atoms with Gasteiger partial charge >= 0.3 is 0 Å². The van der Waals surface area contributed by atoms with Crippen LogP contribution in [0.2, 0.25) is 0 Å². The second kappa shape index (κ2) is 4.55. The van der Waals surface area contributed by atoms with E-state index in [0.29, 0.717) is 0 Å². The van der Waals surface area contributed by atoms with E-state index in [1.807, 2.05) is 0 Å². The molecule has 15 heavy (non-hydrogen) atoms. The molecule has 0 heteroatoms. The molecule has 0 fully saturated rings. The SMILES string of the molecule is CC1=C(C)C(C)=C(C(C(C)C)C(C)C)C1. The van der Waals surface area contributed by atoms with Crippen molar-refractivity contribution < 1.29 is 0 Å². The van der Waals surface area contributed by atoms with Crippen LogP contribution < -0.4 is 0 Å². The van der Waals surface area contributed by atoms with Crippen molar-refractivity contribution in [3.05, 3.63) is 22.3 Å². The van der Waals surface area contributed by atoms with Crippen molar-refractivity contribution in [2.24, 2.45) is 17.8 Å². The standard InChI is InChI=1S/C15H26/c1-9(2)15(10(3)4)14-8-11(5)12(6)13(14)7/h9-10,15H,8H2,1-7H3. The molecule has 0 saturated heterocycles. The van der Waals surface area contributed by atoms with Gasteiger partial charge in [-0.3, -0.25) is 0 Å². The maximum atomic E-state index is 2.36. The quantitative estimate of drug-likeness (QED) is 0.611. The van der Waals surface area contributed by atoms with Crippen molar-refractivity contribution in [2.75, 3.05) is 0 Å². The van der Waals surface area contributed by atoms with Crippen LogP contribution in [-0.2, 0) is 0 Å². The highest BCUT2D eigenvalue weighted by Gasteiger charge is 2.27. The highest BCUT2D eigenvalue weighted by atomic mass is 14.3. The van der Waals surface area contributed by atoms with Gasteiger partial charge in [0.1, 0.15) is 0 Å². The van der Waals surface area contributed by atoms with Crippen LogP contribution >= 0.6 is 0 Å². The molecule has 0 N–H and O–H groups in total. The molecular formula is C15H26. The van der Waals surface area contributed by atoms with Crippen LogP contribution in [0, 0.1) is 17.8 Å². The molecule has 1 aliphatic carbocycles. The molecule has 0 aromatic heterocycles. The Balaban J connectivity index is 3.00. The lowest BCUT2D eigenvalue weighted by Gasteiger charge is -2.27. The zero-order valence-electron chi connectivity index (χ0n) is 11.4. The lowest BCUT2D eigenvalue weighted by Crippen LogP contribution is -2.18. The minimum absolute atomic E-state index is 0.758. The number of hydrogen-bond acceptors (Lipinski definition) is 0. The summed E-state index contributed by atoms with van der Waals surface area (Å²) in [6.45, 7) is 16.3. The van der Waals surface area contributed by atoms with E-state index in [2.05, 4.69) is 48.5 Å². The molecule has 0 nitrogen and oxygen atoms in total. The van der Waals surface area contributed by atoms with E-state index < -0.39 is 0 Å². The third-order valence-electron chi connectivity index (χ3n) is 3.98. The number of hydrogen-bond donors (Lipinski definition) is 0. The second-order valence-electron chi connectivity index (χ2n) is 5.75. The van der Waals surface area contributed by atoms with E-state index in [0.717, 1.165) is 17.8 Å². The summed E-state index contributed by atoms with van der Waals surface area (Å²) in [5.74, 6) is 2.28. The van der Waals surface area contributed by atoms with Crippen LogP contribution in [0.3, 0.4) is 0 Å². The number of allylic oxidation sites excluding steroid dienone is 4. The van der Waals surface area contributed by atoms with E-state index in [1.165, 1.54) is 12.0 Å². The Bertz CT molecular complexity index is 292. The minimum atomic E-state index is 0.758. The Morgan fingerprint density at radius 1 is 0.800 bits per heavy atom. The first-order valence-electron chi connectivity index (χ1n) is 6.22. The van der Waals surface area contributed by atoms with E-state index in [4.69, 9.17) is 0 Å². The molecule has 1 rings (SSSR count). The second-order valence-corrected chi connectivity index (χ2v) is 5.75. The summed E-state index contributed by atoms with van der Waals surface area (Å²) in [5.41, 5.74) is 6.39. The largest absolute Gasteiger partial charge is 0.0661 e. The molecule has 0 aromatic rings. The van der Waals surface area contributed by atoms with Gasteiger partial charge in [0.05, 0.1) is 0 Å². The molecule has 1 aliphatic rings. The first-order valence-corrected chi connectivity index (χ1v) is 6.22. The summed E-state index contributed by atoms with van der Waals surface area (Å²) in [6, 6.07) is 0. The smallest absolute Gasteiger partial charge is 0.00966 e. The molecule has 0 aromatic carbocycles. The first-order chi connectivity index (χ1) is 6.86. The molecule has 0 saturated carbocycles. The first kappa shape index (κ1) is 12.5. The molecule has 0 radical (unpaired) electrons. The van der Waals surface area contributed by atoms with E-state index >= 15 is 0 Å². The monoisotopic (exact) mass is 206 g/mol. The average Bonchev–Trinajstić information content (AvgIpc) is 2.33. The van der Waals surface area contributed by atoms with Gasteiger partial charge in [0.25, 0.3) is 0 Å². The molecule has 0 aliphatic heterocycles. The number of rotatable bonds is 3.